The molecule has 7 heteroatoms. The molecule has 236 valence electrons. The van der Waals surface area contributed by atoms with Crippen LogP contribution in [0, 0.1) is 13.8 Å². The zero-order valence-corrected chi connectivity index (χ0v) is 27.2. The number of aryl methyl sites for hydroxylation is 2. The van der Waals surface area contributed by atoms with Crippen molar-refractivity contribution in [2.45, 2.75) is 25.9 Å². The van der Waals surface area contributed by atoms with Crippen LogP contribution in [0.25, 0.3) is 33.6 Å². The predicted molar refractivity (Wildman–Crippen MR) is 190 cm³/mol. The largest absolute Gasteiger partial charge is 0.494 e. The van der Waals surface area contributed by atoms with E-state index in [0.717, 1.165) is 61.5 Å². The Morgan fingerprint density at radius 2 is 1.19 bits per heavy atom. The van der Waals surface area contributed by atoms with Crippen LogP contribution < -0.4 is 10.5 Å². The average Bonchev–Trinajstić information content (AvgIpc) is 3.64. The van der Waals surface area contributed by atoms with Gasteiger partial charge in [0, 0.05) is 23.4 Å². The van der Waals surface area contributed by atoms with Crippen LogP contribution in [-0.2, 0) is 12.1 Å². The normalized spacial score (nSPS) is 11.4. The second-order valence-corrected chi connectivity index (χ2v) is 11.7. The van der Waals surface area contributed by atoms with Gasteiger partial charge in [-0.3, -0.25) is 4.98 Å². The highest BCUT2D eigenvalue weighted by Crippen LogP contribution is 2.43. The monoisotopic (exact) mass is 628 g/mol. The molecule has 0 spiro atoms. The van der Waals surface area contributed by atoms with Gasteiger partial charge in [-0.1, -0.05) is 133 Å². The summed E-state index contributed by atoms with van der Waals surface area (Å²) in [6.07, 6.45) is 0. The van der Waals surface area contributed by atoms with Gasteiger partial charge in [0.15, 0.2) is 5.54 Å². The first-order chi connectivity index (χ1) is 23.6. The highest BCUT2D eigenvalue weighted by Gasteiger charge is 2.41. The number of hydrogen-bond acceptors (Lipinski definition) is 6. The van der Waals surface area contributed by atoms with Crippen molar-refractivity contribution in [3.63, 3.8) is 0 Å². The van der Waals surface area contributed by atoms with Gasteiger partial charge in [0.2, 0.25) is 5.82 Å². The second kappa shape index (κ2) is 13.1. The van der Waals surface area contributed by atoms with Crippen LogP contribution in [0.1, 0.15) is 33.6 Å². The van der Waals surface area contributed by atoms with E-state index in [-0.39, 0.29) is 0 Å². The van der Waals surface area contributed by atoms with Crippen molar-refractivity contribution in [2.75, 3.05) is 7.11 Å². The lowest BCUT2D eigenvalue weighted by Gasteiger charge is -2.34. The van der Waals surface area contributed by atoms with E-state index < -0.39 is 5.54 Å². The summed E-state index contributed by atoms with van der Waals surface area (Å²) in [6, 6.07) is 47.7. The molecule has 7 rings (SSSR count). The standard InChI is InChI=1S/C41H36N6O/c1-28-37(27-42)38(39(48-3)29(2)43-28)31-24-25-35(30-16-8-4-9-17-30)36(26-31)40-44-46-47(45-40)41(32-18-10-5-11-19-32,33-20-12-6-13-21-33)34-22-14-7-15-23-34/h4-26H,27,42H2,1-3H3. The lowest BCUT2D eigenvalue weighted by atomic mass is 9.77. The lowest BCUT2D eigenvalue weighted by molar-refractivity contribution is 0.396. The molecule has 0 aliphatic rings. The number of nitrogens with two attached hydrogens (primary N) is 1. The van der Waals surface area contributed by atoms with Crippen molar-refractivity contribution >= 4 is 0 Å². The molecular weight excluding hydrogens is 592 g/mol. The molecule has 5 aromatic carbocycles. The number of nitrogens with zero attached hydrogens (tertiary/aromatic N) is 5. The third-order valence-electron chi connectivity index (χ3n) is 8.96. The molecule has 0 unspecified atom stereocenters. The van der Waals surface area contributed by atoms with Gasteiger partial charge in [0.25, 0.3) is 0 Å². The van der Waals surface area contributed by atoms with E-state index in [1.807, 2.05) is 86.6 Å². The molecule has 2 aromatic heterocycles. The van der Waals surface area contributed by atoms with Crippen molar-refractivity contribution in [1.82, 2.24) is 25.2 Å². The molecule has 0 bridgehead atoms. The molecule has 0 aliphatic heterocycles. The van der Waals surface area contributed by atoms with Gasteiger partial charge < -0.3 is 10.5 Å². The van der Waals surface area contributed by atoms with Crippen molar-refractivity contribution in [2.24, 2.45) is 5.73 Å². The summed E-state index contributed by atoms with van der Waals surface area (Å²) in [7, 11) is 1.67. The first-order valence-electron chi connectivity index (χ1n) is 16.0. The number of pyridine rings is 1. The zero-order chi connectivity index (χ0) is 33.1. The number of benzene rings is 5. The molecule has 0 aliphatic carbocycles. The Kier molecular flexibility index (Phi) is 8.36. The quantitative estimate of drug-likeness (QED) is 0.163. The number of aromatic nitrogens is 5. The summed E-state index contributed by atoms with van der Waals surface area (Å²) < 4.78 is 5.92. The summed E-state index contributed by atoms with van der Waals surface area (Å²) in [5, 5.41) is 14.9. The van der Waals surface area contributed by atoms with Crippen LogP contribution >= 0.6 is 0 Å². The Labute approximate surface area is 280 Å². The Balaban J connectivity index is 1.51. The van der Waals surface area contributed by atoms with Gasteiger partial charge >= 0.3 is 0 Å². The Morgan fingerprint density at radius 1 is 0.646 bits per heavy atom. The topological polar surface area (TPSA) is 91.7 Å². The third kappa shape index (κ3) is 5.24. The molecule has 0 atom stereocenters. The van der Waals surface area contributed by atoms with Gasteiger partial charge in [-0.25, -0.2) is 0 Å². The van der Waals surface area contributed by atoms with Gasteiger partial charge in [0.1, 0.15) is 5.75 Å². The Morgan fingerprint density at radius 3 is 1.71 bits per heavy atom. The lowest BCUT2D eigenvalue weighted by Crippen LogP contribution is -2.39. The van der Waals surface area contributed by atoms with E-state index in [2.05, 4.69) is 66.7 Å². The summed E-state index contributed by atoms with van der Waals surface area (Å²) >= 11 is 0. The van der Waals surface area contributed by atoms with E-state index in [0.29, 0.717) is 18.1 Å². The Hall–Kier alpha value is -5.92. The van der Waals surface area contributed by atoms with Gasteiger partial charge in [-0.15, -0.1) is 15.0 Å². The first-order valence-corrected chi connectivity index (χ1v) is 16.0. The SMILES string of the molecule is COc1c(C)nc(C)c(CN)c1-c1ccc(-c2ccccc2)c(-c2nnn(C(c3ccccc3)(c3ccccc3)c3ccccc3)n2)c1. The van der Waals surface area contributed by atoms with Crippen LogP contribution in [0.5, 0.6) is 5.75 Å². The maximum absolute atomic E-state index is 6.32. The van der Waals surface area contributed by atoms with Crippen LogP contribution in [0.3, 0.4) is 0 Å². The summed E-state index contributed by atoms with van der Waals surface area (Å²) in [4.78, 5) is 6.48. The third-order valence-corrected chi connectivity index (χ3v) is 8.96. The van der Waals surface area contributed by atoms with E-state index in [9.17, 15) is 0 Å². The first kappa shape index (κ1) is 30.7. The van der Waals surface area contributed by atoms with Crippen molar-refractivity contribution in [3.8, 4) is 39.4 Å². The van der Waals surface area contributed by atoms with E-state index in [1.54, 1.807) is 11.9 Å². The second-order valence-electron chi connectivity index (χ2n) is 11.7. The maximum Gasteiger partial charge on any atom is 0.205 e. The number of ether oxygens (including phenoxy) is 1. The van der Waals surface area contributed by atoms with Gasteiger partial charge in [-0.2, -0.15) is 0 Å². The van der Waals surface area contributed by atoms with Crippen molar-refractivity contribution in [1.29, 1.82) is 0 Å². The highest BCUT2D eigenvalue weighted by molar-refractivity contribution is 5.87. The Bertz CT molecular complexity index is 2040. The average molecular weight is 629 g/mol. The molecule has 0 fully saturated rings. The van der Waals surface area contributed by atoms with Gasteiger partial charge in [0.05, 0.1) is 12.8 Å². The van der Waals surface area contributed by atoms with Crippen molar-refractivity contribution < 1.29 is 4.74 Å². The molecule has 2 heterocycles. The molecule has 0 amide bonds. The molecule has 0 radical (unpaired) electrons. The predicted octanol–water partition coefficient (Wildman–Crippen LogP) is 7.99. The molecule has 48 heavy (non-hydrogen) atoms. The summed E-state index contributed by atoms with van der Waals surface area (Å²) in [5.41, 5.74) is 15.8. The molecule has 0 saturated carbocycles. The fourth-order valence-corrected chi connectivity index (χ4v) is 6.78. The molecule has 7 nitrogen and oxygen atoms in total. The summed E-state index contributed by atoms with van der Waals surface area (Å²) in [6.45, 7) is 4.27. The number of methoxy groups -OCH3 is 1. The zero-order valence-electron chi connectivity index (χ0n) is 27.2. The van der Waals surface area contributed by atoms with Crippen LogP contribution in [0.15, 0.2) is 140 Å². The van der Waals surface area contributed by atoms with Gasteiger partial charge in [-0.05, 0) is 64.1 Å². The number of rotatable bonds is 9. The van der Waals surface area contributed by atoms with Crippen LogP contribution in [0.4, 0.5) is 0 Å². The van der Waals surface area contributed by atoms with E-state index >= 15 is 0 Å². The van der Waals surface area contributed by atoms with Crippen LogP contribution in [0.2, 0.25) is 0 Å². The molecule has 0 saturated heterocycles. The van der Waals surface area contributed by atoms with Crippen LogP contribution in [-0.4, -0.2) is 32.3 Å². The van der Waals surface area contributed by atoms with E-state index in [1.165, 1.54) is 0 Å². The molecular formula is C41H36N6O. The maximum atomic E-state index is 6.32. The fraction of sp³-hybridized carbons (Fsp3) is 0.122. The molecule has 7 aromatic rings. The minimum absolute atomic E-state index is 0.322. The van der Waals surface area contributed by atoms with E-state index in [4.69, 9.17) is 30.9 Å². The minimum atomic E-state index is -0.894. The number of tetrazole rings is 1. The number of hydrogen-bond donors (Lipinski definition) is 1. The van der Waals surface area contributed by atoms with Crippen molar-refractivity contribution in [3.05, 3.63) is 173 Å². The fourth-order valence-electron chi connectivity index (χ4n) is 6.78. The minimum Gasteiger partial charge on any atom is -0.494 e. The molecule has 2 N–H and O–H groups in total. The smallest absolute Gasteiger partial charge is 0.205 e. The summed E-state index contributed by atoms with van der Waals surface area (Å²) in [5.74, 6) is 1.20. The highest BCUT2D eigenvalue weighted by atomic mass is 16.5.